The molecule has 122 valence electrons. The molecule has 1 unspecified atom stereocenters. The standard InChI is InChI=1S/C19H41N/c1-3-4-5-6-7-8-9-10-11-12-13-14-15-16-19(2)17-18-20/h19H,3-18,20H2,1-2H3. The maximum Gasteiger partial charge on any atom is -0.00747 e. The minimum absolute atomic E-state index is 0.840. The molecule has 20 heavy (non-hydrogen) atoms. The van der Waals surface area contributed by atoms with Crippen molar-refractivity contribution in [3.63, 3.8) is 0 Å². The Bertz CT molecular complexity index is 167. The van der Waals surface area contributed by atoms with Gasteiger partial charge in [-0.3, -0.25) is 0 Å². The topological polar surface area (TPSA) is 26.0 Å². The molecule has 0 saturated heterocycles. The van der Waals surface area contributed by atoms with E-state index >= 15 is 0 Å². The van der Waals surface area contributed by atoms with Crippen molar-refractivity contribution < 1.29 is 0 Å². The van der Waals surface area contributed by atoms with Crippen LogP contribution < -0.4 is 5.73 Å². The molecular weight excluding hydrogens is 242 g/mol. The van der Waals surface area contributed by atoms with Crippen LogP contribution in [-0.4, -0.2) is 6.54 Å². The van der Waals surface area contributed by atoms with Gasteiger partial charge in [0.15, 0.2) is 0 Å². The summed E-state index contributed by atoms with van der Waals surface area (Å²) < 4.78 is 0. The van der Waals surface area contributed by atoms with E-state index in [4.69, 9.17) is 5.73 Å². The molecule has 0 aliphatic carbocycles. The molecule has 0 spiro atoms. The van der Waals surface area contributed by atoms with Gasteiger partial charge in [-0.2, -0.15) is 0 Å². The van der Waals surface area contributed by atoms with E-state index in [9.17, 15) is 0 Å². The summed E-state index contributed by atoms with van der Waals surface area (Å²) >= 11 is 0. The van der Waals surface area contributed by atoms with Crippen LogP contribution in [-0.2, 0) is 0 Å². The predicted octanol–water partition coefficient (Wildman–Crippen LogP) is 6.45. The van der Waals surface area contributed by atoms with E-state index in [0.29, 0.717) is 0 Å². The van der Waals surface area contributed by atoms with Crippen LogP contribution in [0.25, 0.3) is 0 Å². The van der Waals surface area contributed by atoms with Gasteiger partial charge in [-0.1, -0.05) is 104 Å². The summed E-state index contributed by atoms with van der Waals surface area (Å²) in [6.45, 7) is 5.49. The minimum atomic E-state index is 0.840. The Morgan fingerprint density at radius 2 is 1.00 bits per heavy atom. The van der Waals surface area contributed by atoms with Gasteiger partial charge in [-0.05, 0) is 18.9 Å². The summed E-state index contributed by atoms with van der Waals surface area (Å²) in [5, 5.41) is 0. The fourth-order valence-corrected chi connectivity index (χ4v) is 2.94. The van der Waals surface area contributed by atoms with Gasteiger partial charge < -0.3 is 5.73 Å². The molecule has 0 aliphatic rings. The lowest BCUT2D eigenvalue weighted by Gasteiger charge is -2.09. The van der Waals surface area contributed by atoms with Crippen molar-refractivity contribution in [3.05, 3.63) is 0 Å². The molecular formula is C19H41N. The molecule has 2 N–H and O–H groups in total. The van der Waals surface area contributed by atoms with Crippen molar-refractivity contribution >= 4 is 0 Å². The van der Waals surface area contributed by atoms with Crippen molar-refractivity contribution in [3.8, 4) is 0 Å². The number of nitrogens with two attached hydrogens (primary N) is 1. The highest BCUT2D eigenvalue weighted by Crippen LogP contribution is 2.15. The fraction of sp³-hybridized carbons (Fsp3) is 1.00. The van der Waals surface area contributed by atoms with Crippen LogP contribution in [0.4, 0.5) is 0 Å². The Labute approximate surface area is 129 Å². The molecule has 0 fully saturated rings. The van der Waals surface area contributed by atoms with E-state index in [1.807, 2.05) is 0 Å². The summed E-state index contributed by atoms with van der Waals surface area (Å²) in [5.41, 5.74) is 5.57. The van der Waals surface area contributed by atoms with Crippen LogP contribution in [0.2, 0.25) is 0 Å². The van der Waals surface area contributed by atoms with Crippen LogP contribution in [0.3, 0.4) is 0 Å². The van der Waals surface area contributed by atoms with Crippen molar-refractivity contribution in [2.45, 2.75) is 110 Å². The quantitative estimate of drug-likeness (QED) is 0.323. The van der Waals surface area contributed by atoms with Crippen molar-refractivity contribution in [2.24, 2.45) is 11.7 Å². The zero-order valence-electron chi connectivity index (χ0n) is 14.5. The zero-order chi connectivity index (χ0) is 14.9. The Morgan fingerprint density at radius 3 is 1.40 bits per heavy atom. The molecule has 0 heterocycles. The first-order valence-electron chi connectivity index (χ1n) is 9.51. The minimum Gasteiger partial charge on any atom is -0.330 e. The maximum atomic E-state index is 5.57. The van der Waals surface area contributed by atoms with Gasteiger partial charge >= 0.3 is 0 Å². The predicted molar refractivity (Wildman–Crippen MR) is 93.1 cm³/mol. The normalized spacial score (nSPS) is 12.8. The van der Waals surface area contributed by atoms with E-state index < -0.39 is 0 Å². The lowest BCUT2D eigenvalue weighted by Crippen LogP contribution is -2.05. The first kappa shape index (κ1) is 20.0. The number of rotatable bonds is 16. The number of hydrogen-bond acceptors (Lipinski definition) is 1. The maximum absolute atomic E-state index is 5.57. The van der Waals surface area contributed by atoms with Crippen LogP contribution >= 0.6 is 0 Å². The summed E-state index contributed by atoms with van der Waals surface area (Å²) in [4.78, 5) is 0. The van der Waals surface area contributed by atoms with Crippen molar-refractivity contribution in [2.75, 3.05) is 6.54 Å². The fourth-order valence-electron chi connectivity index (χ4n) is 2.94. The number of unbranched alkanes of at least 4 members (excludes halogenated alkanes) is 12. The van der Waals surface area contributed by atoms with E-state index in [1.165, 1.54) is 96.3 Å². The summed E-state index contributed by atoms with van der Waals surface area (Å²) in [7, 11) is 0. The molecule has 0 aliphatic heterocycles. The van der Waals surface area contributed by atoms with Crippen LogP contribution in [0.5, 0.6) is 0 Å². The third kappa shape index (κ3) is 16.0. The average molecular weight is 284 g/mol. The third-order valence-corrected chi connectivity index (χ3v) is 4.46. The Balaban J connectivity index is 2.99. The van der Waals surface area contributed by atoms with E-state index in [1.54, 1.807) is 0 Å². The molecule has 1 heteroatoms. The first-order valence-corrected chi connectivity index (χ1v) is 9.51. The highest BCUT2D eigenvalue weighted by Gasteiger charge is 2.00. The average Bonchev–Trinajstić information content (AvgIpc) is 2.44. The molecule has 1 nitrogen and oxygen atoms in total. The third-order valence-electron chi connectivity index (χ3n) is 4.46. The van der Waals surface area contributed by atoms with Gasteiger partial charge in [0.2, 0.25) is 0 Å². The van der Waals surface area contributed by atoms with Gasteiger partial charge in [-0.25, -0.2) is 0 Å². The smallest absolute Gasteiger partial charge is 0.00747 e. The van der Waals surface area contributed by atoms with Crippen LogP contribution in [0.1, 0.15) is 110 Å². The van der Waals surface area contributed by atoms with E-state index in [-0.39, 0.29) is 0 Å². The van der Waals surface area contributed by atoms with E-state index in [2.05, 4.69) is 13.8 Å². The lowest BCUT2D eigenvalue weighted by atomic mass is 9.99. The second-order valence-electron chi connectivity index (χ2n) is 6.71. The van der Waals surface area contributed by atoms with Gasteiger partial charge in [0.25, 0.3) is 0 Å². The molecule has 0 amide bonds. The second kappa shape index (κ2) is 17.0. The van der Waals surface area contributed by atoms with Crippen LogP contribution in [0, 0.1) is 5.92 Å². The summed E-state index contributed by atoms with van der Waals surface area (Å²) in [6.07, 6.45) is 21.4. The largest absolute Gasteiger partial charge is 0.330 e. The monoisotopic (exact) mass is 283 g/mol. The molecule has 0 aromatic heterocycles. The molecule has 0 aromatic rings. The second-order valence-corrected chi connectivity index (χ2v) is 6.71. The number of hydrogen-bond donors (Lipinski definition) is 1. The molecule has 0 radical (unpaired) electrons. The molecule has 0 bridgehead atoms. The zero-order valence-corrected chi connectivity index (χ0v) is 14.5. The Hall–Kier alpha value is -0.0400. The van der Waals surface area contributed by atoms with Gasteiger partial charge in [-0.15, -0.1) is 0 Å². The van der Waals surface area contributed by atoms with Gasteiger partial charge in [0.05, 0.1) is 0 Å². The van der Waals surface area contributed by atoms with Crippen molar-refractivity contribution in [1.82, 2.24) is 0 Å². The van der Waals surface area contributed by atoms with E-state index in [0.717, 1.165) is 12.5 Å². The van der Waals surface area contributed by atoms with Crippen LogP contribution in [0.15, 0.2) is 0 Å². The molecule has 0 aromatic carbocycles. The highest BCUT2D eigenvalue weighted by molar-refractivity contribution is 4.55. The Morgan fingerprint density at radius 1 is 0.600 bits per heavy atom. The Kier molecular flexibility index (Phi) is 17.0. The summed E-state index contributed by atoms with van der Waals surface area (Å²) in [5.74, 6) is 0.840. The molecule has 1 atom stereocenters. The van der Waals surface area contributed by atoms with Gasteiger partial charge in [0, 0.05) is 0 Å². The highest BCUT2D eigenvalue weighted by atomic mass is 14.5. The summed E-state index contributed by atoms with van der Waals surface area (Å²) in [6, 6.07) is 0. The van der Waals surface area contributed by atoms with Gasteiger partial charge in [0.1, 0.15) is 0 Å². The van der Waals surface area contributed by atoms with Crippen molar-refractivity contribution in [1.29, 1.82) is 0 Å². The molecule has 0 rings (SSSR count). The SMILES string of the molecule is CCCCCCCCCCCCCCCC(C)CCN. The lowest BCUT2D eigenvalue weighted by molar-refractivity contribution is 0.458. The molecule has 0 saturated carbocycles. The first-order chi connectivity index (χ1) is 9.81.